The number of para-hydroxylation sites is 1. The molecule has 34 nitrogen and oxygen atoms in total. The topological polar surface area (TPSA) is 581 Å². The molecule has 0 bridgehead atoms. The van der Waals surface area contributed by atoms with Gasteiger partial charge in [0.05, 0.1) is 77.0 Å². The smallest absolute Gasteiger partial charge is 0.428 e. The average Bonchev–Trinajstić information content (AvgIpc) is 0.884. The minimum atomic E-state index is -3.44. The maximum atomic E-state index is 11.4. The Morgan fingerprint density at radius 2 is 0.792 bits per heavy atom. The molecule has 9 N–H and O–H groups in total. The molecule has 0 aliphatic heterocycles. The summed E-state index contributed by atoms with van der Waals surface area (Å²) in [4.78, 5) is 111. The SMILES string of the molecule is CNc1cc(N=C=S)cc(NC)c1.CO.N#N.N#N.Nc1cc(C(=O)O)cc(C(=O)O)c1.O=C(O)c1cc(N=C=S)cc(C(=O)O)c1.O=C=Nc1cc(N=C=O)cc(N=C=S)c1.O=P(Cl)(Cl)Oc1ccccc1.S=C(Cl)Cl.[2HH].[N-]=[N+]=NC(=O)c1cc(N=C=S)cc(C(=O)N=[N+]=[N-])c1. The molecule has 0 aliphatic rings. The highest BCUT2D eigenvalue weighted by Gasteiger charge is 2.16. The zero-order valence-electron chi connectivity index (χ0n) is 48.1. The first-order chi connectivity index (χ1) is 45.6. The molecule has 0 aromatic heterocycles. The summed E-state index contributed by atoms with van der Waals surface area (Å²) in [6.07, 6.45) is -0.705. The summed E-state index contributed by atoms with van der Waals surface area (Å²) in [6, 6.07) is 29.3. The van der Waals surface area contributed by atoms with Crippen LogP contribution in [0.3, 0.4) is 0 Å². The van der Waals surface area contributed by atoms with E-state index >= 15 is 0 Å². The van der Waals surface area contributed by atoms with Crippen LogP contribution in [-0.4, -0.2) is 119 Å². The number of rotatable bonds is 16. The third-order valence-corrected chi connectivity index (χ3v) is 10.1. The number of amides is 2. The van der Waals surface area contributed by atoms with Crippen molar-refractivity contribution < 1.29 is 74.4 Å². The van der Waals surface area contributed by atoms with E-state index in [1.165, 1.54) is 66.8 Å². The number of isocyanates is 2. The molecule has 96 heavy (non-hydrogen) atoms. The number of carboxylic acids is 4. The fourth-order valence-electron chi connectivity index (χ4n) is 5.60. The van der Waals surface area contributed by atoms with E-state index in [0.717, 1.165) is 42.4 Å². The molecule has 0 spiro atoms. The highest BCUT2D eigenvalue weighted by atomic mass is 35.9. The molecular formula is C52H40Cl4N19O15PS5. The van der Waals surface area contributed by atoms with Crippen LogP contribution in [0.5, 0.6) is 5.75 Å². The Kier molecular flexibility index (Phi) is 51.4. The van der Waals surface area contributed by atoms with Crippen LogP contribution < -0.4 is 20.9 Å². The summed E-state index contributed by atoms with van der Waals surface area (Å²) in [5, 5.41) is 86.0. The van der Waals surface area contributed by atoms with Gasteiger partial charge in [-0.2, -0.15) is 30.0 Å². The Morgan fingerprint density at radius 1 is 0.521 bits per heavy atom. The number of aliphatic hydroxyl groups is 1. The second kappa shape index (κ2) is 54.2. The number of nitrogens with two attached hydrogens (primary N) is 1. The van der Waals surface area contributed by atoms with Gasteiger partial charge in [0, 0.05) is 105 Å². The third kappa shape index (κ3) is 42.6. The largest absolute Gasteiger partial charge is 0.478 e. The Labute approximate surface area is 587 Å². The number of isothiocyanates is 4. The van der Waals surface area contributed by atoms with Crippen LogP contribution >= 0.6 is 113 Å². The minimum Gasteiger partial charge on any atom is -0.478 e. The molecule has 0 heterocycles. The molecule has 6 aromatic rings. The molecule has 44 heteroatoms. The number of halogens is 4. The quantitative estimate of drug-likeness (QED) is 0.00426. The number of benzene rings is 6. The lowest BCUT2D eigenvalue weighted by atomic mass is 10.1. The van der Waals surface area contributed by atoms with Gasteiger partial charge in [-0.25, -0.2) is 33.3 Å². The maximum Gasteiger partial charge on any atom is 0.428 e. The maximum absolute atomic E-state index is 11.4. The number of carbonyl (C=O) groups is 6. The molecule has 0 radical (unpaired) electrons. The van der Waals surface area contributed by atoms with Gasteiger partial charge >= 0.3 is 30.0 Å². The number of carbonyl (C=O) groups excluding carboxylic acids is 4. The van der Waals surface area contributed by atoms with Crippen LogP contribution in [0.1, 0.15) is 63.6 Å². The van der Waals surface area contributed by atoms with E-state index < -0.39 is 41.8 Å². The van der Waals surface area contributed by atoms with E-state index in [9.17, 15) is 42.9 Å². The number of nitrogens with one attached hydrogen (secondary N) is 2. The Hall–Kier alpha value is -11.4. The summed E-state index contributed by atoms with van der Waals surface area (Å²) >= 11 is 41.6. The number of aliphatic hydroxyl groups excluding tert-OH is 1. The van der Waals surface area contributed by atoms with E-state index in [-0.39, 0.29) is 67.0 Å². The first kappa shape index (κ1) is 91.0. The van der Waals surface area contributed by atoms with Gasteiger partial charge in [0.25, 0.3) is 0 Å². The van der Waals surface area contributed by atoms with Crippen LogP contribution in [0.4, 0.5) is 51.2 Å². The summed E-state index contributed by atoms with van der Waals surface area (Å²) < 4.78 is 15.3. The van der Waals surface area contributed by atoms with Crippen molar-refractivity contribution in [3.05, 3.63) is 176 Å². The predicted octanol–water partition coefficient (Wildman–Crippen LogP) is 16.0. The number of thiocarbonyl (C=S) groups is 5. The van der Waals surface area contributed by atoms with E-state index in [0.29, 0.717) is 11.4 Å². The van der Waals surface area contributed by atoms with Crippen molar-refractivity contribution in [1.82, 2.24) is 0 Å². The highest BCUT2D eigenvalue weighted by Crippen LogP contribution is 2.57. The van der Waals surface area contributed by atoms with Gasteiger partial charge in [-0.3, -0.25) is 9.59 Å². The Bertz CT molecular complexity index is 3910. The fraction of sp³-hybridized carbons (Fsp3) is 0.0577. The van der Waals surface area contributed by atoms with Gasteiger partial charge in [-0.1, -0.05) is 53.6 Å². The van der Waals surface area contributed by atoms with Gasteiger partial charge in [0.2, 0.25) is 24.0 Å². The van der Waals surface area contributed by atoms with Crippen LogP contribution in [0.2, 0.25) is 0 Å². The third-order valence-electron chi connectivity index (χ3n) is 8.93. The molecule has 0 saturated heterocycles. The summed E-state index contributed by atoms with van der Waals surface area (Å²) in [7, 11) is 4.72. The van der Waals surface area contributed by atoms with Crippen LogP contribution in [0.15, 0.2) is 162 Å². The molecule has 2 amide bonds. The van der Waals surface area contributed by atoms with Crippen molar-refractivity contribution in [2.24, 2.45) is 40.2 Å². The Morgan fingerprint density at radius 3 is 1.06 bits per heavy atom. The molecule has 496 valence electrons. The van der Waals surface area contributed by atoms with E-state index in [1.54, 1.807) is 30.3 Å². The molecule has 0 atom stereocenters. The van der Waals surface area contributed by atoms with Crippen molar-refractivity contribution >= 4 is 236 Å². The number of nitrogen functional groups attached to an aromatic ring is 1. The second-order valence-corrected chi connectivity index (χ2v) is 21.6. The summed E-state index contributed by atoms with van der Waals surface area (Å²) in [5.41, 5.74) is 25.1. The van der Waals surface area contributed by atoms with Gasteiger partial charge < -0.3 is 46.4 Å². The van der Waals surface area contributed by atoms with E-state index in [2.05, 4.69) is 142 Å². The summed E-state index contributed by atoms with van der Waals surface area (Å²) in [5.74, 6) is -6.25. The van der Waals surface area contributed by atoms with E-state index in [1.807, 2.05) is 37.5 Å². The number of nitrogens with zero attached hydrogens (tertiary/aromatic N) is 16. The zero-order valence-corrected chi connectivity index (χ0v) is 56.1. The molecule has 6 rings (SSSR count). The monoisotopic (exact) mass is 1500 g/mol. The van der Waals surface area contributed by atoms with Crippen LogP contribution in [0.25, 0.3) is 20.9 Å². The average molecular weight is 1510 g/mol. The standard InChI is InChI=1S/C9H3N7O2S.C9H3N3O2S.C9H11N3S.C9H5NO4S.C8H7NO4.C6H5Cl2O2P.CCl2S.CH4O.2N2.H2/c10-15-13-8(17)5-1-6(9(18)14-16-11)3-7(2-5)12-4-19;13-4-10-7-1-8(11-5-14)3-9(2-7)12-6-15;1-10-7-3-8(11-2)5-9(4-7)12-6-13;11-8(12)5-1-6(9(13)14)3-7(2-5)10-4-15;9-6-2-4(7(10)11)1-5(3-6)8(12)13;7-11(8,9)10-6-4-2-1-3-5-6;2-1(3)4;3*1-2;/h1-3H;1-3H;3-5,10-11H,1-2H3;1-3H,(H,11,12)(H,13,14);1-3H,9H2,(H,10,11)(H,12,13);1-5H;;2H,1H3;;;1H/i;;;;;;;;;;1+1. The lowest BCUT2D eigenvalue weighted by Crippen LogP contribution is -2.03. The van der Waals surface area contributed by atoms with Crippen molar-refractivity contribution in [2.45, 2.75) is 0 Å². The molecule has 0 saturated carbocycles. The number of aromatic carboxylic acids is 4. The Balaban J connectivity index is -0.000000341. The zero-order chi connectivity index (χ0) is 74.4. The van der Waals surface area contributed by atoms with Crippen LogP contribution in [-0.2, 0) is 14.2 Å². The van der Waals surface area contributed by atoms with Crippen molar-refractivity contribution in [1.29, 1.82) is 21.6 Å². The minimum absolute atomic E-state index is 0. The first-order valence-corrected chi connectivity index (χ1v) is 29.7. The molecular weight excluding hydrogens is 1460 g/mol. The number of azide groups is 2. The summed E-state index contributed by atoms with van der Waals surface area (Å²) in [6.45, 7) is 0. The number of anilines is 3. The second-order valence-electron chi connectivity index (χ2n) is 14.8. The van der Waals surface area contributed by atoms with Crippen molar-refractivity contribution in [3.63, 3.8) is 0 Å². The molecule has 6 aromatic carbocycles. The van der Waals surface area contributed by atoms with Crippen molar-refractivity contribution in [3.8, 4) is 5.75 Å². The van der Waals surface area contributed by atoms with Crippen LogP contribution in [0, 0.1) is 21.6 Å². The number of hydrogen-bond donors (Lipinski definition) is 8. The molecule has 0 unspecified atom stereocenters. The van der Waals surface area contributed by atoms with Crippen molar-refractivity contribution in [2.75, 3.05) is 37.6 Å². The highest BCUT2D eigenvalue weighted by molar-refractivity contribution is 8.05. The lowest BCUT2D eigenvalue weighted by Gasteiger charge is -2.05. The molecule has 0 fully saturated rings. The fourth-order valence-corrected chi connectivity index (χ4v) is 6.87. The number of aliphatic imine (C=N–C) groups is 6. The first-order valence-electron chi connectivity index (χ1n) is 23.5. The number of carboxylic acid groups (broad SMARTS) is 4. The van der Waals surface area contributed by atoms with E-state index in [4.69, 9.17) is 110 Å². The number of hydrogen-bond acceptors (Lipinski definition) is 29. The van der Waals surface area contributed by atoms with Gasteiger partial charge in [-0.05, 0) is 173 Å². The lowest BCUT2D eigenvalue weighted by molar-refractivity contribution is 0.0676. The molecule has 0 aliphatic carbocycles. The van der Waals surface area contributed by atoms with Gasteiger partial charge in [0.15, 0.2) is 3.78 Å². The van der Waals surface area contributed by atoms with Gasteiger partial charge in [0.1, 0.15) is 5.75 Å². The predicted molar refractivity (Wildman–Crippen MR) is 373 cm³/mol. The van der Waals surface area contributed by atoms with Gasteiger partial charge in [-0.15, -0.1) is 0 Å². The normalized spacial score (nSPS) is 8.46.